The van der Waals surface area contributed by atoms with Gasteiger partial charge in [0.15, 0.2) is 5.12 Å². The van der Waals surface area contributed by atoms with Gasteiger partial charge in [-0.25, -0.2) is 5.84 Å². The number of hydrazine groups is 1. The van der Waals surface area contributed by atoms with Crippen LogP contribution in [0.5, 0.6) is 0 Å². The van der Waals surface area contributed by atoms with Gasteiger partial charge in [-0.1, -0.05) is 11.8 Å². The van der Waals surface area contributed by atoms with Gasteiger partial charge in [0.1, 0.15) is 6.10 Å². The maximum absolute atomic E-state index is 11.3. The first-order chi connectivity index (χ1) is 8.95. The SMILES string of the molecule is CC(=O)SCC(O)C(O)c1cncc(C(=O)NN)c1. The molecule has 0 fully saturated rings. The number of carbonyl (C=O) groups is 2. The number of aliphatic hydroxyl groups excluding tert-OH is 2. The number of aromatic nitrogens is 1. The van der Waals surface area contributed by atoms with Crippen LogP contribution in [0.2, 0.25) is 0 Å². The normalized spacial score (nSPS) is 13.7. The summed E-state index contributed by atoms with van der Waals surface area (Å²) in [6, 6.07) is 1.38. The highest BCUT2D eigenvalue weighted by atomic mass is 32.2. The second kappa shape index (κ2) is 7.19. The number of pyridine rings is 1. The van der Waals surface area contributed by atoms with Crippen molar-refractivity contribution in [3.63, 3.8) is 0 Å². The zero-order chi connectivity index (χ0) is 14.4. The smallest absolute Gasteiger partial charge is 0.266 e. The zero-order valence-electron chi connectivity index (χ0n) is 10.2. The van der Waals surface area contributed by atoms with Gasteiger partial charge in [0, 0.05) is 30.6 Å². The highest BCUT2D eigenvalue weighted by Gasteiger charge is 2.20. The Kier molecular flexibility index (Phi) is 5.90. The van der Waals surface area contributed by atoms with Gasteiger partial charge in [0.05, 0.1) is 11.7 Å². The molecule has 1 rings (SSSR count). The molecule has 0 radical (unpaired) electrons. The number of carbonyl (C=O) groups excluding carboxylic acids is 2. The number of thioether (sulfide) groups is 1. The standard InChI is InChI=1S/C11H15N3O4S/c1-6(15)19-5-9(16)10(17)7-2-8(4-13-3-7)11(18)14-12/h2-4,9-10,16-17H,5,12H2,1H3,(H,14,18). The molecule has 1 aromatic heterocycles. The number of nitrogen functional groups attached to an aromatic ring is 1. The van der Waals surface area contributed by atoms with E-state index in [1.807, 2.05) is 5.43 Å². The van der Waals surface area contributed by atoms with E-state index in [-0.39, 0.29) is 22.0 Å². The predicted molar refractivity (Wildman–Crippen MR) is 70.0 cm³/mol. The van der Waals surface area contributed by atoms with E-state index in [1.165, 1.54) is 25.4 Å². The summed E-state index contributed by atoms with van der Waals surface area (Å²) in [6.45, 7) is 1.37. The number of aliphatic hydroxyl groups is 2. The summed E-state index contributed by atoms with van der Waals surface area (Å²) < 4.78 is 0. The van der Waals surface area contributed by atoms with Crippen molar-refractivity contribution in [3.8, 4) is 0 Å². The maximum atomic E-state index is 11.3. The lowest BCUT2D eigenvalue weighted by molar-refractivity contribution is -0.109. The van der Waals surface area contributed by atoms with E-state index in [0.29, 0.717) is 0 Å². The van der Waals surface area contributed by atoms with Crippen LogP contribution < -0.4 is 11.3 Å². The van der Waals surface area contributed by atoms with Crippen molar-refractivity contribution in [2.24, 2.45) is 5.84 Å². The fourth-order valence-corrected chi connectivity index (χ4v) is 1.93. The van der Waals surface area contributed by atoms with Crippen molar-refractivity contribution < 1.29 is 19.8 Å². The van der Waals surface area contributed by atoms with Crippen LogP contribution >= 0.6 is 11.8 Å². The molecule has 0 saturated carbocycles. The maximum Gasteiger partial charge on any atom is 0.266 e. The van der Waals surface area contributed by atoms with E-state index in [9.17, 15) is 19.8 Å². The minimum absolute atomic E-state index is 0.0593. The van der Waals surface area contributed by atoms with Gasteiger partial charge in [0.2, 0.25) is 0 Å². The first-order valence-electron chi connectivity index (χ1n) is 5.41. The quantitative estimate of drug-likeness (QED) is 0.322. The molecule has 0 aliphatic heterocycles. The summed E-state index contributed by atoms with van der Waals surface area (Å²) in [7, 11) is 0. The van der Waals surface area contributed by atoms with E-state index in [0.717, 1.165) is 11.8 Å². The minimum atomic E-state index is -1.23. The lowest BCUT2D eigenvalue weighted by Gasteiger charge is -2.17. The molecule has 0 aliphatic carbocycles. The zero-order valence-corrected chi connectivity index (χ0v) is 11.1. The molecule has 1 amide bonds. The summed E-state index contributed by atoms with van der Waals surface area (Å²) >= 11 is 0.909. The molecule has 0 bridgehead atoms. The Balaban J connectivity index is 2.78. The molecule has 0 saturated heterocycles. The van der Waals surface area contributed by atoms with Crippen LogP contribution in [0.1, 0.15) is 28.9 Å². The van der Waals surface area contributed by atoms with E-state index >= 15 is 0 Å². The molecular weight excluding hydrogens is 270 g/mol. The monoisotopic (exact) mass is 285 g/mol. The molecule has 1 heterocycles. The van der Waals surface area contributed by atoms with Crippen LogP contribution in [0.4, 0.5) is 0 Å². The number of amides is 1. The Hall–Kier alpha value is -1.48. The van der Waals surface area contributed by atoms with Crippen molar-refractivity contribution in [3.05, 3.63) is 29.6 Å². The van der Waals surface area contributed by atoms with Gasteiger partial charge in [-0.15, -0.1) is 0 Å². The van der Waals surface area contributed by atoms with E-state index < -0.39 is 18.1 Å². The molecule has 104 valence electrons. The van der Waals surface area contributed by atoms with E-state index in [4.69, 9.17) is 5.84 Å². The first-order valence-corrected chi connectivity index (χ1v) is 6.39. The van der Waals surface area contributed by atoms with Crippen molar-refractivity contribution >= 4 is 22.8 Å². The van der Waals surface area contributed by atoms with E-state index in [2.05, 4.69) is 4.98 Å². The predicted octanol–water partition coefficient (Wildman–Crippen LogP) is -0.641. The fraction of sp³-hybridized carbons (Fsp3) is 0.364. The Morgan fingerprint density at radius 3 is 2.74 bits per heavy atom. The molecule has 0 spiro atoms. The molecule has 2 unspecified atom stereocenters. The molecule has 5 N–H and O–H groups in total. The number of rotatable bonds is 5. The second-order valence-corrected chi connectivity index (χ2v) is 4.99. The number of hydrogen-bond acceptors (Lipinski definition) is 7. The largest absolute Gasteiger partial charge is 0.389 e. The lowest BCUT2D eigenvalue weighted by atomic mass is 10.1. The number of nitrogens with one attached hydrogen (secondary N) is 1. The Morgan fingerprint density at radius 1 is 1.47 bits per heavy atom. The van der Waals surface area contributed by atoms with Crippen LogP contribution in [0.25, 0.3) is 0 Å². The third-order valence-corrected chi connectivity index (χ3v) is 3.23. The number of hydrogen-bond donors (Lipinski definition) is 4. The average molecular weight is 285 g/mol. The van der Waals surface area contributed by atoms with Crippen molar-refractivity contribution in [2.45, 2.75) is 19.1 Å². The number of nitrogens with two attached hydrogens (primary N) is 1. The van der Waals surface area contributed by atoms with Crippen molar-refractivity contribution in [1.29, 1.82) is 0 Å². The third kappa shape index (κ3) is 4.60. The summed E-state index contributed by atoms with van der Waals surface area (Å²) in [4.78, 5) is 25.9. The second-order valence-electron chi connectivity index (χ2n) is 3.80. The summed E-state index contributed by atoms with van der Waals surface area (Å²) in [5, 5.41) is 19.5. The minimum Gasteiger partial charge on any atom is -0.389 e. The van der Waals surface area contributed by atoms with Crippen LogP contribution in [-0.4, -0.2) is 38.1 Å². The van der Waals surface area contributed by atoms with E-state index in [1.54, 1.807) is 0 Å². The Labute approximate surface area is 114 Å². The van der Waals surface area contributed by atoms with Crippen molar-refractivity contribution in [2.75, 3.05) is 5.75 Å². The summed E-state index contributed by atoms with van der Waals surface area (Å²) in [5.41, 5.74) is 2.39. The van der Waals surface area contributed by atoms with Crippen LogP contribution in [-0.2, 0) is 4.79 Å². The van der Waals surface area contributed by atoms with Crippen LogP contribution in [0, 0.1) is 0 Å². The highest BCUT2D eigenvalue weighted by Crippen LogP contribution is 2.20. The highest BCUT2D eigenvalue weighted by molar-refractivity contribution is 8.13. The topological polar surface area (TPSA) is 126 Å². The number of nitrogens with zero attached hydrogens (tertiary/aromatic N) is 1. The molecule has 1 aromatic rings. The summed E-state index contributed by atoms with van der Waals surface area (Å²) in [6.07, 6.45) is 0.256. The van der Waals surface area contributed by atoms with Gasteiger partial charge in [-0.2, -0.15) is 0 Å². The fourth-order valence-electron chi connectivity index (χ4n) is 1.34. The Bertz CT molecular complexity index is 469. The average Bonchev–Trinajstić information content (AvgIpc) is 2.43. The molecule has 2 atom stereocenters. The van der Waals surface area contributed by atoms with Crippen LogP contribution in [0.3, 0.4) is 0 Å². The molecule has 0 aliphatic rings. The molecule has 19 heavy (non-hydrogen) atoms. The third-order valence-electron chi connectivity index (χ3n) is 2.32. The van der Waals surface area contributed by atoms with Gasteiger partial charge in [-0.3, -0.25) is 20.0 Å². The van der Waals surface area contributed by atoms with Crippen LogP contribution in [0.15, 0.2) is 18.5 Å². The summed E-state index contributed by atoms with van der Waals surface area (Å²) in [5.74, 6) is 4.50. The molecule has 7 nitrogen and oxygen atoms in total. The Morgan fingerprint density at radius 2 is 2.16 bits per heavy atom. The van der Waals surface area contributed by atoms with Gasteiger partial charge in [0.25, 0.3) is 5.91 Å². The van der Waals surface area contributed by atoms with Gasteiger partial charge < -0.3 is 10.2 Å². The molecule has 0 aromatic carbocycles. The molecule has 8 heteroatoms. The van der Waals surface area contributed by atoms with Gasteiger partial charge in [-0.05, 0) is 6.07 Å². The lowest BCUT2D eigenvalue weighted by Crippen LogP contribution is -2.30. The van der Waals surface area contributed by atoms with Crippen molar-refractivity contribution in [1.82, 2.24) is 10.4 Å². The first kappa shape index (κ1) is 15.6. The van der Waals surface area contributed by atoms with Gasteiger partial charge >= 0.3 is 0 Å². The molecular formula is C11H15N3O4S.